The first kappa shape index (κ1) is 16.0. The maximum atomic E-state index is 6.31. The molecule has 1 aliphatic rings. The minimum Gasteiger partial charge on any atom is -0.326 e. The van der Waals surface area contributed by atoms with Gasteiger partial charge in [-0.3, -0.25) is 4.90 Å². The third-order valence-corrected chi connectivity index (χ3v) is 5.44. The third-order valence-electron chi connectivity index (χ3n) is 4.72. The Kier molecular flexibility index (Phi) is 5.65. The van der Waals surface area contributed by atoms with Crippen molar-refractivity contribution in [2.24, 2.45) is 11.7 Å². The number of hydrogen-bond acceptors (Lipinski definition) is 2. The van der Waals surface area contributed by atoms with Crippen molar-refractivity contribution in [3.63, 3.8) is 0 Å². The zero-order valence-corrected chi connectivity index (χ0v) is 14.4. The third kappa shape index (κ3) is 3.63. The molecule has 0 aliphatic heterocycles. The number of nitrogens with zero attached hydrogens (tertiary/aromatic N) is 1. The van der Waals surface area contributed by atoms with Gasteiger partial charge in [-0.25, -0.2) is 0 Å². The van der Waals surface area contributed by atoms with E-state index in [0.29, 0.717) is 6.04 Å². The van der Waals surface area contributed by atoms with Gasteiger partial charge in [-0.05, 0) is 57.2 Å². The average molecular weight is 339 g/mol. The van der Waals surface area contributed by atoms with Gasteiger partial charge in [-0.2, -0.15) is 0 Å². The highest BCUT2D eigenvalue weighted by atomic mass is 79.9. The number of halogens is 1. The monoisotopic (exact) mass is 338 g/mol. The molecule has 0 amide bonds. The molecule has 0 spiro atoms. The van der Waals surface area contributed by atoms with Gasteiger partial charge < -0.3 is 5.73 Å². The minimum atomic E-state index is 0.123. The van der Waals surface area contributed by atoms with E-state index in [4.69, 9.17) is 5.73 Å². The van der Waals surface area contributed by atoms with Crippen LogP contribution in [0.15, 0.2) is 28.7 Å². The first-order chi connectivity index (χ1) is 9.50. The second-order valence-electron chi connectivity index (χ2n) is 6.40. The van der Waals surface area contributed by atoms with Crippen LogP contribution in [0.4, 0.5) is 0 Å². The molecule has 2 unspecified atom stereocenters. The van der Waals surface area contributed by atoms with Gasteiger partial charge in [0.25, 0.3) is 0 Å². The fourth-order valence-corrected chi connectivity index (χ4v) is 3.98. The molecule has 0 aromatic heterocycles. The van der Waals surface area contributed by atoms with Gasteiger partial charge in [0.05, 0.1) is 6.04 Å². The van der Waals surface area contributed by atoms with E-state index in [2.05, 4.69) is 66.0 Å². The van der Waals surface area contributed by atoms with E-state index in [0.717, 1.165) is 5.92 Å². The predicted molar refractivity (Wildman–Crippen MR) is 89.7 cm³/mol. The van der Waals surface area contributed by atoms with E-state index in [-0.39, 0.29) is 12.1 Å². The highest BCUT2D eigenvalue weighted by Gasteiger charge is 2.30. The molecule has 112 valence electrons. The van der Waals surface area contributed by atoms with E-state index in [9.17, 15) is 0 Å². The van der Waals surface area contributed by atoms with Gasteiger partial charge in [-0.15, -0.1) is 0 Å². The number of hydrogen-bond donors (Lipinski definition) is 1. The molecule has 1 aliphatic carbocycles. The minimum absolute atomic E-state index is 0.123. The molecule has 0 saturated heterocycles. The Morgan fingerprint density at radius 2 is 1.80 bits per heavy atom. The molecule has 1 fully saturated rings. The van der Waals surface area contributed by atoms with Crippen LogP contribution in [0.2, 0.25) is 0 Å². The summed E-state index contributed by atoms with van der Waals surface area (Å²) in [5.41, 5.74) is 7.62. The Morgan fingerprint density at radius 3 is 2.35 bits per heavy atom. The van der Waals surface area contributed by atoms with Crippen LogP contribution in [0.5, 0.6) is 0 Å². The van der Waals surface area contributed by atoms with E-state index in [1.807, 2.05) is 0 Å². The van der Waals surface area contributed by atoms with E-state index < -0.39 is 0 Å². The smallest absolute Gasteiger partial charge is 0.0507 e. The van der Waals surface area contributed by atoms with Gasteiger partial charge in [0.2, 0.25) is 0 Å². The normalized spacial score (nSPS) is 26.5. The Bertz CT molecular complexity index is 425. The molecule has 0 radical (unpaired) electrons. The molecule has 1 saturated carbocycles. The van der Waals surface area contributed by atoms with Crippen LogP contribution < -0.4 is 5.73 Å². The summed E-state index contributed by atoms with van der Waals surface area (Å²) in [6.45, 7) is 4.49. The van der Waals surface area contributed by atoms with Crippen molar-refractivity contribution in [3.8, 4) is 0 Å². The van der Waals surface area contributed by atoms with E-state index in [1.54, 1.807) is 0 Å². The van der Waals surface area contributed by atoms with Crippen LogP contribution in [0.1, 0.15) is 51.1 Å². The Labute approximate surface area is 131 Å². The summed E-state index contributed by atoms with van der Waals surface area (Å²) in [4.78, 5) is 2.51. The number of rotatable bonds is 4. The lowest BCUT2D eigenvalue weighted by Gasteiger charge is -2.40. The number of likely N-dealkylation sites (N-methyl/N-ethyl adjacent to an activating group) is 1. The van der Waals surface area contributed by atoms with Crippen molar-refractivity contribution in [2.45, 2.75) is 57.7 Å². The van der Waals surface area contributed by atoms with Crippen molar-refractivity contribution in [1.29, 1.82) is 0 Å². The van der Waals surface area contributed by atoms with Crippen molar-refractivity contribution in [2.75, 3.05) is 7.05 Å². The van der Waals surface area contributed by atoms with Crippen LogP contribution in [0.25, 0.3) is 0 Å². The van der Waals surface area contributed by atoms with Crippen LogP contribution in [-0.4, -0.2) is 24.0 Å². The summed E-state index contributed by atoms with van der Waals surface area (Å²) < 4.78 is 1.17. The zero-order valence-electron chi connectivity index (χ0n) is 12.8. The molecule has 0 heterocycles. The molecular weight excluding hydrogens is 312 g/mol. The summed E-state index contributed by atoms with van der Waals surface area (Å²) in [6.07, 6.45) is 5.28. The maximum Gasteiger partial charge on any atom is 0.0507 e. The first-order valence-electron chi connectivity index (χ1n) is 7.72. The lowest BCUT2D eigenvalue weighted by molar-refractivity contribution is 0.110. The summed E-state index contributed by atoms with van der Waals surface area (Å²) in [6, 6.07) is 9.54. The summed E-state index contributed by atoms with van der Waals surface area (Å²) in [5.74, 6) is 0.886. The molecule has 2 atom stereocenters. The molecule has 20 heavy (non-hydrogen) atoms. The molecular formula is C17H27BrN2. The van der Waals surface area contributed by atoms with Crippen molar-refractivity contribution in [1.82, 2.24) is 4.90 Å². The molecule has 1 aromatic carbocycles. The Balaban J connectivity index is 2.18. The van der Waals surface area contributed by atoms with Gasteiger partial charge in [0.15, 0.2) is 0 Å². The highest BCUT2D eigenvalue weighted by Crippen LogP contribution is 2.35. The lowest BCUT2D eigenvalue weighted by atomic mass is 9.85. The molecule has 2 rings (SSSR count). The van der Waals surface area contributed by atoms with Crippen LogP contribution in [0.3, 0.4) is 0 Å². The molecule has 2 nitrogen and oxygen atoms in total. The Hall–Kier alpha value is -0.380. The quantitative estimate of drug-likeness (QED) is 0.884. The van der Waals surface area contributed by atoms with E-state index >= 15 is 0 Å². The van der Waals surface area contributed by atoms with Crippen LogP contribution in [0, 0.1) is 5.92 Å². The number of nitrogens with two attached hydrogens (primary N) is 1. The fourth-order valence-electron chi connectivity index (χ4n) is 3.47. The fraction of sp³-hybridized carbons (Fsp3) is 0.647. The summed E-state index contributed by atoms with van der Waals surface area (Å²) >= 11 is 3.68. The van der Waals surface area contributed by atoms with Crippen molar-refractivity contribution in [3.05, 3.63) is 34.3 Å². The van der Waals surface area contributed by atoms with E-state index in [1.165, 1.54) is 35.7 Å². The second kappa shape index (κ2) is 7.06. The largest absolute Gasteiger partial charge is 0.326 e. The maximum absolute atomic E-state index is 6.31. The van der Waals surface area contributed by atoms with Crippen molar-refractivity contribution < 1.29 is 0 Å². The summed E-state index contributed by atoms with van der Waals surface area (Å²) in [5, 5.41) is 0. The molecule has 0 bridgehead atoms. The lowest BCUT2D eigenvalue weighted by Crippen LogP contribution is -2.44. The topological polar surface area (TPSA) is 29.3 Å². The number of benzene rings is 1. The SMILES string of the molecule is CC1CCC(N(C)C(c2ccccc2Br)C(C)N)CC1. The van der Waals surface area contributed by atoms with Crippen molar-refractivity contribution >= 4 is 15.9 Å². The van der Waals surface area contributed by atoms with Gasteiger partial charge in [-0.1, -0.05) is 41.1 Å². The molecule has 1 aromatic rings. The highest BCUT2D eigenvalue weighted by molar-refractivity contribution is 9.10. The zero-order chi connectivity index (χ0) is 14.7. The van der Waals surface area contributed by atoms with Gasteiger partial charge in [0.1, 0.15) is 0 Å². The standard InChI is InChI=1S/C17H27BrN2/c1-12-8-10-14(11-9-12)20(3)17(13(2)19)15-6-4-5-7-16(15)18/h4-7,12-14,17H,8-11,19H2,1-3H3. The Morgan fingerprint density at radius 1 is 1.20 bits per heavy atom. The van der Waals surface area contributed by atoms with Gasteiger partial charge >= 0.3 is 0 Å². The molecule has 2 N–H and O–H groups in total. The molecule has 3 heteroatoms. The van der Waals surface area contributed by atoms with Crippen LogP contribution in [-0.2, 0) is 0 Å². The van der Waals surface area contributed by atoms with Gasteiger partial charge in [0, 0.05) is 16.6 Å². The summed E-state index contributed by atoms with van der Waals surface area (Å²) in [7, 11) is 2.24. The predicted octanol–water partition coefficient (Wildman–Crippen LogP) is 4.35. The second-order valence-corrected chi connectivity index (χ2v) is 7.26. The first-order valence-corrected chi connectivity index (χ1v) is 8.52. The van der Waals surface area contributed by atoms with Crippen LogP contribution >= 0.6 is 15.9 Å². The average Bonchev–Trinajstić information content (AvgIpc) is 2.41.